The van der Waals surface area contributed by atoms with Gasteiger partial charge in [0.1, 0.15) is 0 Å². The Bertz CT molecular complexity index is 1420. The highest BCUT2D eigenvalue weighted by Gasteiger charge is 2.32. The van der Waals surface area contributed by atoms with E-state index in [4.69, 9.17) is 34.8 Å². The molecular weight excluding hydrogens is 566 g/mol. The first kappa shape index (κ1) is 27.3. The molecule has 0 fully saturated rings. The first-order chi connectivity index (χ1) is 17.5. The minimum absolute atomic E-state index is 0.0485. The van der Waals surface area contributed by atoms with Crippen molar-refractivity contribution in [1.82, 2.24) is 15.3 Å². The van der Waals surface area contributed by atoms with Gasteiger partial charge < -0.3 is 5.32 Å². The van der Waals surface area contributed by atoms with Crippen LogP contribution in [0.3, 0.4) is 0 Å². The molecule has 0 spiro atoms. The molecule has 4 nitrogen and oxygen atoms in total. The molecule has 1 N–H and O–H groups in total. The van der Waals surface area contributed by atoms with Gasteiger partial charge >= 0.3 is 6.18 Å². The Morgan fingerprint density at radius 3 is 2.05 bits per heavy atom. The summed E-state index contributed by atoms with van der Waals surface area (Å²) in [5.41, 5.74) is -0.0228. The topological polar surface area (TPSA) is 54.9 Å². The molecule has 0 bridgehead atoms. The van der Waals surface area contributed by atoms with Gasteiger partial charge in [-0.1, -0.05) is 46.9 Å². The Balaban J connectivity index is 1.59. The van der Waals surface area contributed by atoms with Crippen LogP contribution in [-0.2, 0) is 12.7 Å². The summed E-state index contributed by atoms with van der Waals surface area (Å²) in [5, 5.41) is 4.67. The Labute approximate surface area is 228 Å². The highest BCUT2D eigenvalue weighted by atomic mass is 35.5. The Morgan fingerprint density at radius 1 is 0.892 bits per heavy atom. The van der Waals surface area contributed by atoms with Gasteiger partial charge in [-0.3, -0.25) is 4.79 Å². The number of rotatable bonds is 6. The zero-order valence-electron chi connectivity index (χ0n) is 19.2. The molecule has 1 aromatic heterocycles. The minimum Gasteiger partial charge on any atom is -0.348 e. The number of nitrogens with one attached hydrogen (secondary N) is 1. The second-order valence-corrected chi connectivity index (χ2v) is 12.5. The third-order valence-electron chi connectivity index (χ3n) is 5.61. The van der Waals surface area contributed by atoms with Gasteiger partial charge in [0.05, 0.1) is 16.1 Å². The molecule has 192 valence electrons. The number of alkyl halides is 3. The van der Waals surface area contributed by atoms with E-state index in [2.05, 4.69) is 15.3 Å². The molecule has 0 aliphatic heterocycles. The van der Waals surface area contributed by atoms with Crippen molar-refractivity contribution in [3.63, 3.8) is 0 Å². The van der Waals surface area contributed by atoms with Crippen molar-refractivity contribution in [3.8, 4) is 0 Å². The normalized spacial score (nSPS) is 14.0. The van der Waals surface area contributed by atoms with E-state index in [1.54, 1.807) is 24.3 Å². The van der Waals surface area contributed by atoms with Crippen LogP contribution < -0.4 is 5.32 Å². The van der Waals surface area contributed by atoms with Crippen LogP contribution in [0.1, 0.15) is 21.5 Å². The van der Waals surface area contributed by atoms with Gasteiger partial charge in [-0.2, -0.15) is 13.2 Å². The van der Waals surface area contributed by atoms with Gasteiger partial charge in [-0.05, 0) is 66.4 Å². The first-order valence-electron chi connectivity index (χ1n) is 10.7. The summed E-state index contributed by atoms with van der Waals surface area (Å²) in [6, 6.07) is 17.1. The number of aromatic nitrogens is 2. The molecule has 1 amide bonds. The summed E-state index contributed by atoms with van der Waals surface area (Å²) < 4.78 is 38.2. The lowest BCUT2D eigenvalue weighted by molar-refractivity contribution is -0.137. The van der Waals surface area contributed by atoms with Gasteiger partial charge in [-0.25, -0.2) is 9.97 Å². The zero-order chi connectivity index (χ0) is 26.8. The molecule has 0 aliphatic carbocycles. The molecule has 1 unspecified atom stereocenters. The highest BCUT2D eigenvalue weighted by molar-refractivity contribution is 8.33. The SMILES string of the molecule is CS(c1ccc(Cl)cc1)(c1ncc(C(=O)NCc2ccc(C(F)(F)F)cc2)cn1)c1ccc(Cl)cc1Cl. The van der Waals surface area contributed by atoms with Crippen molar-refractivity contribution in [3.05, 3.63) is 111 Å². The van der Waals surface area contributed by atoms with Crippen molar-refractivity contribution in [1.29, 1.82) is 0 Å². The molecule has 4 rings (SSSR count). The van der Waals surface area contributed by atoms with Crippen molar-refractivity contribution in [2.24, 2.45) is 0 Å². The van der Waals surface area contributed by atoms with Crippen LogP contribution in [0.4, 0.5) is 13.2 Å². The number of hydrogen-bond acceptors (Lipinski definition) is 3. The van der Waals surface area contributed by atoms with E-state index in [-0.39, 0.29) is 12.1 Å². The van der Waals surface area contributed by atoms with E-state index in [1.807, 2.05) is 24.5 Å². The lowest BCUT2D eigenvalue weighted by Crippen LogP contribution is -2.23. The van der Waals surface area contributed by atoms with Crippen molar-refractivity contribution in [2.75, 3.05) is 6.26 Å². The fourth-order valence-corrected chi connectivity index (χ4v) is 7.24. The van der Waals surface area contributed by atoms with Crippen molar-refractivity contribution < 1.29 is 18.0 Å². The summed E-state index contributed by atoms with van der Waals surface area (Å²) in [5.74, 6) is -0.459. The molecule has 1 atom stereocenters. The number of amides is 1. The fourth-order valence-electron chi connectivity index (χ4n) is 3.58. The molecule has 37 heavy (non-hydrogen) atoms. The van der Waals surface area contributed by atoms with Crippen LogP contribution in [0.15, 0.2) is 94.1 Å². The molecule has 0 aliphatic rings. The van der Waals surface area contributed by atoms with Gasteiger partial charge in [0.15, 0.2) is 5.16 Å². The number of carbonyl (C=O) groups excluding carboxylic acids is 1. The molecule has 11 heteroatoms. The van der Waals surface area contributed by atoms with E-state index >= 15 is 0 Å². The average Bonchev–Trinajstić information content (AvgIpc) is 2.87. The molecule has 4 aromatic rings. The van der Waals surface area contributed by atoms with Crippen LogP contribution in [0.25, 0.3) is 0 Å². The summed E-state index contributed by atoms with van der Waals surface area (Å²) in [7, 11) is -2.05. The summed E-state index contributed by atoms with van der Waals surface area (Å²) >= 11 is 18.8. The van der Waals surface area contributed by atoms with E-state index in [1.165, 1.54) is 24.5 Å². The third-order valence-corrected chi connectivity index (χ3v) is 9.91. The van der Waals surface area contributed by atoms with Crippen LogP contribution in [0.2, 0.25) is 15.1 Å². The second-order valence-electron chi connectivity index (χ2n) is 8.08. The Kier molecular flexibility index (Phi) is 8.04. The molecule has 1 heterocycles. The lowest BCUT2D eigenvalue weighted by Gasteiger charge is -2.35. The number of hydrogen-bond donors (Lipinski definition) is 1. The maximum Gasteiger partial charge on any atom is 0.416 e. The first-order valence-corrected chi connectivity index (χ1v) is 13.9. The molecule has 0 saturated carbocycles. The third kappa shape index (κ3) is 6.04. The quantitative estimate of drug-likeness (QED) is 0.232. The highest BCUT2D eigenvalue weighted by Crippen LogP contribution is 2.66. The predicted octanol–water partition coefficient (Wildman–Crippen LogP) is 8.30. The minimum atomic E-state index is -4.42. The van der Waals surface area contributed by atoms with Crippen molar-refractivity contribution >= 4 is 50.7 Å². The van der Waals surface area contributed by atoms with Crippen LogP contribution in [-0.4, -0.2) is 22.1 Å². The summed E-state index contributed by atoms with van der Waals surface area (Å²) in [6.45, 7) is 0.0485. The van der Waals surface area contributed by atoms with E-state index in [0.717, 1.165) is 21.9 Å². The molecule has 3 aromatic carbocycles. The van der Waals surface area contributed by atoms with Gasteiger partial charge in [-0.15, -0.1) is 10.0 Å². The Hall–Kier alpha value is -2.78. The zero-order valence-corrected chi connectivity index (χ0v) is 22.3. The fraction of sp³-hybridized carbons (Fsp3) is 0.115. The largest absolute Gasteiger partial charge is 0.416 e. The lowest BCUT2D eigenvalue weighted by atomic mass is 10.1. The maximum atomic E-state index is 12.7. The van der Waals surface area contributed by atoms with Crippen molar-refractivity contribution in [2.45, 2.75) is 27.7 Å². The van der Waals surface area contributed by atoms with Gasteiger partial charge in [0, 0.05) is 38.8 Å². The molecular formula is C26H19Cl3F3N3OS. The number of nitrogens with zero attached hydrogens (tertiary/aromatic N) is 2. The second kappa shape index (κ2) is 10.9. The van der Waals surface area contributed by atoms with E-state index < -0.39 is 27.7 Å². The van der Waals surface area contributed by atoms with Crippen LogP contribution >= 0.6 is 44.8 Å². The monoisotopic (exact) mass is 583 g/mol. The smallest absolute Gasteiger partial charge is 0.348 e. The van der Waals surface area contributed by atoms with E-state index in [0.29, 0.717) is 25.8 Å². The number of benzene rings is 3. The van der Waals surface area contributed by atoms with Gasteiger partial charge in [0.2, 0.25) is 0 Å². The van der Waals surface area contributed by atoms with Crippen LogP contribution in [0.5, 0.6) is 0 Å². The molecule has 0 radical (unpaired) electrons. The number of carbonyl (C=O) groups is 1. The summed E-state index contributed by atoms with van der Waals surface area (Å²) in [6.07, 6.45) is 0.398. The summed E-state index contributed by atoms with van der Waals surface area (Å²) in [4.78, 5) is 23.4. The predicted molar refractivity (Wildman–Crippen MR) is 141 cm³/mol. The standard InChI is InChI=1S/C26H19Cl3F3N3OS/c1-37(21-9-6-19(27)7-10-21,23-11-8-20(28)12-22(23)29)25-34-14-17(15-35-25)24(36)33-13-16-2-4-18(5-3-16)26(30,31)32/h2-12,14-15H,13H2,1H3,(H,33,36). The van der Waals surface area contributed by atoms with Gasteiger partial charge in [0.25, 0.3) is 5.91 Å². The molecule has 0 saturated heterocycles. The van der Waals surface area contributed by atoms with E-state index in [9.17, 15) is 18.0 Å². The number of halogens is 6. The Morgan fingerprint density at radius 2 is 1.49 bits per heavy atom. The van der Waals surface area contributed by atoms with Crippen LogP contribution in [0, 0.1) is 0 Å². The maximum absolute atomic E-state index is 12.7. The average molecular weight is 585 g/mol.